The molecule has 1 saturated heterocycles. The largest absolute Gasteiger partial charge is 0.481 e. The van der Waals surface area contributed by atoms with E-state index in [0.717, 1.165) is 4.31 Å². The molecule has 0 aromatic rings. The third-order valence-corrected chi connectivity index (χ3v) is 4.71. The molecule has 0 amide bonds. The van der Waals surface area contributed by atoms with Gasteiger partial charge in [0.15, 0.2) is 0 Å². The summed E-state index contributed by atoms with van der Waals surface area (Å²) in [7, 11) is -3.59. The van der Waals surface area contributed by atoms with Crippen molar-refractivity contribution in [1.82, 2.24) is 4.31 Å². The number of carbonyl (C=O) groups is 2. The molecule has 102 valence electrons. The van der Waals surface area contributed by atoms with Gasteiger partial charge < -0.3 is 10.2 Å². The summed E-state index contributed by atoms with van der Waals surface area (Å²) in [5, 5.41) is 17.9. The van der Waals surface area contributed by atoms with E-state index in [1.54, 1.807) is 0 Å². The van der Waals surface area contributed by atoms with Crippen molar-refractivity contribution in [3.05, 3.63) is 12.7 Å². The minimum absolute atomic E-state index is 0.00265. The van der Waals surface area contributed by atoms with E-state index >= 15 is 0 Å². The summed E-state index contributed by atoms with van der Waals surface area (Å²) in [5.74, 6) is -5.03. The number of nitrogens with zero attached hydrogens (tertiary/aromatic N) is 1. The summed E-state index contributed by atoms with van der Waals surface area (Å²) in [4.78, 5) is 21.9. The molecule has 2 N–H and O–H groups in total. The summed E-state index contributed by atoms with van der Waals surface area (Å²) in [6.45, 7) is 3.04. The van der Waals surface area contributed by atoms with Gasteiger partial charge in [-0.05, 0) is 6.42 Å². The Morgan fingerprint density at radius 3 is 2.28 bits per heavy atom. The van der Waals surface area contributed by atoms with Crippen LogP contribution in [0.3, 0.4) is 0 Å². The molecule has 1 rings (SSSR count). The molecule has 1 heterocycles. The van der Waals surface area contributed by atoms with E-state index < -0.39 is 33.8 Å². The minimum Gasteiger partial charge on any atom is -0.481 e. The average Bonchev–Trinajstić information content (AvgIpc) is 2.27. The molecule has 2 atom stereocenters. The Balaban J connectivity index is 2.90. The first kappa shape index (κ1) is 14.7. The van der Waals surface area contributed by atoms with Crippen molar-refractivity contribution in [2.45, 2.75) is 6.42 Å². The van der Waals surface area contributed by atoms with Gasteiger partial charge in [0.05, 0.1) is 17.6 Å². The van der Waals surface area contributed by atoms with E-state index in [0.29, 0.717) is 0 Å². The molecule has 7 nitrogen and oxygen atoms in total. The van der Waals surface area contributed by atoms with Gasteiger partial charge in [0, 0.05) is 13.1 Å². The van der Waals surface area contributed by atoms with E-state index in [1.165, 1.54) is 6.08 Å². The van der Waals surface area contributed by atoms with Crippen molar-refractivity contribution < 1.29 is 28.2 Å². The summed E-state index contributed by atoms with van der Waals surface area (Å²) < 4.78 is 24.5. The number of aliphatic carboxylic acids is 2. The van der Waals surface area contributed by atoms with Crippen LogP contribution in [0.5, 0.6) is 0 Å². The van der Waals surface area contributed by atoms with Gasteiger partial charge >= 0.3 is 11.9 Å². The molecule has 0 aliphatic carbocycles. The monoisotopic (exact) mass is 277 g/mol. The lowest BCUT2D eigenvalue weighted by molar-refractivity contribution is -0.156. The van der Waals surface area contributed by atoms with Crippen LogP contribution in [0.15, 0.2) is 12.7 Å². The maximum atomic E-state index is 11.7. The molecular weight excluding hydrogens is 262 g/mol. The maximum Gasteiger partial charge on any atom is 0.308 e. The van der Waals surface area contributed by atoms with Gasteiger partial charge in [0.25, 0.3) is 0 Å². The minimum atomic E-state index is -3.59. The van der Waals surface area contributed by atoms with Gasteiger partial charge in [-0.25, -0.2) is 12.7 Å². The fourth-order valence-electron chi connectivity index (χ4n) is 1.97. The first-order valence-electron chi connectivity index (χ1n) is 5.34. The zero-order valence-corrected chi connectivity index (χ0v) is 10.5. The third-order valence-electron chi connectivity index (χ3n) is 2.93. The molecule has 1 aliphatic heterocycles. The molecular formula is C10H15NO6S. The smallest absolute Gasteiger partial charge is 0.308 e. The molecule has 8 heteroatoms. The first-order valence-corrected chi connectivity index (χ1v) is 6.95. The molecule has 1 aliphatic rings. The lowest BCUT2D eigenvalue weighted by Gasteiger charge is -2.33. The van der Waals surface area contributed by atoms with Crippen LogP contribution in [0, 0.1) is 11.8 Å². The normalized spacial score (nSPS) is 25.6. The van der Waals surface area contributed by atoms with Crippen LogP contribution in [0.4, 0.5) is 0 Å². The fraction of sp³-hybridized carbons (Fsp3) is 0.600. The topological polar surface area (TPSA) is 112 Å². The van der Waals surface area contributed by atoms with Crippen molar-refractivity contribution >= 4 is 22.0 Å². The highest BCUT2D eigenvalue weighted by atomic mass is 32.2. The Labute approximate surface area is 105 Å². The molecule has 18 heavy (non-hydrogen) atoms. The molecule has 0 radical (unpaired) electrons. The number of sulfonamides is 1. The van der Waals surface area contributed by atoms with Crippen LogP contribution in [-0.4, -0.2) is 53.7 Å². The Morgan fingerprint density at radius 2 is 1.83 bits per heavy atom. The zero-order valence-electron chi connectivity index (χ0n) is 9.65. The fourth-order valence-corrected chi connectivity index (χ4v) is 3.25. The van der Waals surface area contributed by atoms with Gasteiger partial charge in [0.2, 0.25) is 10.0 Å². The van der Waals surface area contributed by atoms with Crippen LogP contribution < -0.4 is 0 Å². The second-order valence-electron chi connectivity index (χ2n) is 4.10. The number of rotatable bonds is 5. The number of carboxylic acid groups (broad SMARTS) is 2. The number of hydrogen-bond acceptors (Lipinski definition) is 4. The predicted octanol–water partition coefficient (Wildman–Crippen LogP) is -0.390. The summed E-state index contributed by atoms with van der Waals surface area (Å²) in [5.41, 5.74) is 0. The lowest BCUT2D eigenvalue weighted by Crippen LogP contribution is -2.49. The van der Waals surface area contributed by atoms with Gasteiger partial charge in [-0.15, -0.1) is 6.58 Å². The van der Waals surface area contributed by atoms with Gasteiger partial charge in [-0.3, -0.25) is 9.59 Å². The second-order valence-corrected chi connectivity index (χ2v) is 6.12. The summed E-state index contributed by atoms with van der Waals surface area (Å²) in [6.07, 6.45) is 1.22. The van der Waals surface area contributed by atoms with E-state index in [-0.39, 0.29) is 25.3 Å². The SMILES string of the molecule is C=CCS(=O)(=O)N1CCC(C(=O)O)C(C(=O)O)C1. The Bertz CT molecular complexity index is 457. The first-order chi connectivity index (χ1) is 8.29. The van der Waals surface area contributed by atoms with Crippen LogP contribution in [0.25, 0.3) is 0 Å². The number of hydrogen-bond donors (Lipinski definition) is 2. The van der Waals surface area contributed by atoms with Crippen molar-refractivity contribution in [1.29, 1.82) is 0 Å². The Kier molecular flexibility index (Phi) is 4.47. The van der Waals surface area contributed by atoms with E-state index in [4.69, 9.17) is 10.2 Å². The number of carboxylic acids is 2. The average molecular weight is 277 g/mol. The number of piperidine rings is 1. The molecule has 0 aromatic carbocycles. The zero-order chi connectivity index (χ0) is 13.9. The molecule has 0 bridgehead atoms. The van der Waals surface area contributed by atoms with Crippen molar-refractivity contribution in [2.24, 2.45) is 11.8 Å². The molecule has 2 unspecified atom stereocenters. The maximum absolute atomic E-state index is 11.7. The van der Waals surface area contributed by atoms with E-state index in [1.807, 2.05) is 0 Å². The summed E-state index contributed by atoms with van der Waals surface area (Å²) in [6, 6.07) is 0. The molecule has 1 fully saturated rings. The lowest BCUT2D eigenvalue weighted by atomic mass is 9.86. The van der Waals surface area contributed by atoms with Crippen LogP contribution >= 0.6 is 0 Å². The van der Waals surface area contributed by atoms with Gasteiger partial charge in [0.1, 0.15) is 0 Å². The summed E-state index contributed by atoms with van der Waals surface area (Å²) >= 11 is 0. The van der Waals surface area contributed by atoms with Crippen LogP contribution in [0.2, 0.25) is 0 Å². The van der Waals surface area contributed by atoms with Crippen molar-refractivity contribution in [3.63, 3.8) is 0 Å². The van der Waals surface area contributed by atoms with Gasteiger partial charge in [-0.1, -0.05) is 6.08 Å². The second kappa shape index (κ2) is 5.49. The molecule has 0 aromatic heterocycles. The van der Waals surface area contributed by atoms with E-state index in [9.17, 15) is 18.0 Å². The van der Waals surface area contributed by atoms with Crippen molar-refractivity contribution in [2.75, 3.05) is 18.8 Å². The van der Waals surface area contributed by atoms with Gasteiger partial charge in [-0.2, -0.15) is 0 Å². The Hall–Kier alpha value is -1.41. The van der Waals surface area contributed by atoms with Crippen molar-refractivity contribution in [3.8, 4) is 0 Å². The highest BCUT2D eigenvalue weighted by Gasteiger charge is 2.41. The third kappa shape index (κ3) is 3.08. The predicted molar refractivity (Wildman–Crippen MR) is 62.4 cm³/mol. The van der Waals surface area contributed by atoms with Crippen LogP contribution in [0.1, 0.15) is 6.42 Å². The van der Waals surface area contributed by atoms with Crippen LogP contribution in [-0.2, 0) is 19.6 Å². The molecule has 0 spiro atoms. The highest BCUT2D eigenvalue weighted by Crippen LogP contribution is 2.26. The quantitative estimate of drug-likeness (QED) is 0.662. The van der Waals surface area contributed by atoms with E-state index in [2.05, 4.69) is 6.58 Å². The Morgan fingerprint density at radius 1 is 1.28 bits per heavy atom. The standard InChI is InChI=1S/C10H15NO6S/c1-2-5-18(16,17)11-4-3-7(9(12)13)8(6-11)10(14)15/h2,7-8H,1,3-6H2,(H,12,13)(H,14,15). The molecule has 0 saturated carbocycles. The highest BCUT2D eigenvalue weighted by molar-refractivity contribution is 7.89.